The van der Waals surface area contributed by atoms with E-state index in [1.54, 1.807) is 35.9 Å². The van der Waals surface area contributed by atoms with Crippen molar-refractivity contribution >= 4 is 11.7 Å². The van der Waals surface area contributed by atoms with Crippen LogP contribution in [0, 0.1) is 19.7 Å². The standard InChI is InChI=1S/C25H30FN5O2/c1-16-10-11-23(20(13-16)24(32)19-7-3-4-8-21(19)26)31-17(2)29-14-18(31)15-30-25(33)22(28)9-5-6-12-27/h3-4,7-8,10-11,13-14,22H,5-6,9,12,15,27-28H2,1-2H3,(H,30,33)/t22-/m0/s1. The van der Waals surface area contributed by atoms with Gasteiger partial charge in [0.25, 0.3) is 0 Å². The fourth-order valence-electron chi connectivity index (χ4n) is 3.71. The highest BCUT2D eigenvalue weighted by Gasteiger charge is 2.21. The van der Waals surface area contributed by atoms with Gasteiger partial charge in [0.1, 0.15) is 11.6 Å². The fourth-order valence-corrected chi connectivity index (χ4v) is 3.71. The third-order valence-corrected chi connectivity index (χ3v) is 5.52. The van der Waals surface area contributed by atoms with Crippen LogP contribution in [-0.4, -0.2) is 33.8 Å². The van der Waals surface area contributed by atoms with Crippen LogP contribution in [0.5, 0.6) is 0 Å². The summed E-state index contributed by atoms with van der Waals surface area (Å²) < 4.78 is 16.1. The third kappa shape index (κ3) is 5.71. The minimum atomic E-state index is -0.619. The van der Waals surface area contributed by atoms with Gasteiger partial charge in [-0.1, -0.05) is 30.2 Å². The zero-order valence-electron chi connectivity index (χ0n) is 19.0. The fraction of sp³-hybridized carbons (Fsp3) is 0.320. The molecule has 0 radical (unpaired) electrons. The lowest BCUT2D eigenvalue weighted by atomic mass is 9.99. The molecule has 7 nitrogen and oxygen atoms in total. The lowest BCUT2D eigenvalue weighted by molar-refractivity contribution is -0.122. The Labute approximate surface area is 193 Å². The van der Waals surface area contributed by atoms with Gasteiger partial charge in [0.2, 0.25) is 5.91 Å². The first-order valence-electron chi connectivity index (χ1n) is 11.0. The minimum Gasteiger partial charge on any atom is -0.349 e. The predicted molar refractivity (Wildman–Crippen MR) is 126 cm³/mol. The van der Waals surface area contributed by atoms with Crippen molar-refractivity contribution in [1.29, 1.82) is 0 Å². The number of aryl methyl sites for hydroxylation is 2. The highest BCUT2D eigenvalue weighted by molar-refractivity contribution is 6.11. The summed E-state index contributed by atoms with van der Waals surface area (Å²) >= 11 is 0. The molecule has 0 unspecified atom stereocenters. The first kappa shape index (κ1) is 24.3. The number of rotatable bonds is 10. The molecule has 3 rings (SSSR count). The Morgan fingerprint density at radius 2 is 1.88 bits per heavy atom. The smallest absolute Gasteiger partial charge is 0.237 e. The van der Waals surface area contributed by atoms with Crippen molar-refractivity contribution in [3.05, 3.63) is 82.7 Å². The van der Waals surface area contributed by atoms with Crippen LogP contribution >= 0.6 is 0 Å². The Kier molecular flexibility index (Phi) is 8.08. The number of unbranched alkanes of at least 4 members (excludes halogenated alkanes) is 1. The minimum absolute atomic E-state index is 0.000393. The number of aromatic nitrogens is 2. The van der Waals surface area contributed by atoms with E-state index in [-0.39, 0.29) is 18.0 Å². The number of ketones is 1. The Balaban J connectivity index is 1.89. The number of hydrogen-bond donors (Lipinski definition) is 3. The van der Waals surface area contributed by atoms with Gasteiger partial charge in [0.05, 0.1) is 35.7 Å². The van der Waals surface area contributed by atoms with Gasteiger partial charge in [-0.05, 0) is 57.5 Å². The van der Waals surface area contributed by atoms with Gasteiger partial charge in [-0.15, -0.1) is 0 Å². The van der Waals surface area contributed by atoms with Crippen LogP contribution in [0.3, 0.4) is 0 Å². The van der Waals surface area contributed by atoms with Crippen molar-refractivity contribution in [2.75, 3.05) is 6.54 Å². The van der Waals surface area contributed by atoms with E-state index in [1.807, 2.05) is 19.1 Å². The van der Waals surface area contributed by atoms with Crippen LogP contribution in [0.15, 0.2) is 48.7 Å². The van der Waals surface area contributed by atoms with Crippen LogP contribution in [0.2, 0.25) is 0 Å². The molecule has 0 saturated heterocycles. The van der Waals surface area contributed by atoms with Gasteiger partial charge >= 0.3 is 0 Å². The maximum Gasteiger partial charge on any atom is 0.237 e. The van der Waals surface area contributed by atoms with Crippen molar-refractivity contribution < 1.29 is 14.0 Å². The van der Waals surface area contributed by atoms with E-state index >= 15 is 0 Å². The quantitative estimate of drug-likeness (QED) is 0.324. The molecule has 5 N–H and O–H groups in total. The molecule has 0 bridgehead atoms. The van der Waals surface area contributed by atoms with E-state index in [0.29, 0.717) is 35.7 Å². The largest absolute Gasteiger partial charge is 0.349 e. The van der Waals surface area contributed by atoms with Gasteiger partial charge < -0.3 is 16.8 Å². The van der Waals surface area contributed by atoms with Crippen LogP contribution < -0.4 is 16.8 Å². The molecule has 3 aromatic rings. The molecule has 1 amide bonds. The molecule has 0 saturated carbocycles. The molecule has 1 aromatic heterocycles. The summed E-state index contributed by atoms with van der Waals surface area (Å²) in [5.74, 6) is -0.618. The number of hydrogen-bond acceptors (Lipinski definition) is 5. The van der Waals surface area contributed by atoms with E-state index in [1.165, 1.54) is 12.1 Å². The first-order valence-corrected chi connectivity index (χ1v) is 11.0. The molecule has 33 heavy (non-hydrogen) atoms. The second-order valence-electron chi connectivity index (χ2n) is 8.07. The second kappa shape index (κ2) is 11.0. The maximum absolute atomic E-state index is 14.3. The predicted octanol–water partition coefficient (Wildman–Crippen LogP) is 2.93. The zero-order chi connectivity index (χ0) is 24.0. The lowest BCUT2D eigenvalue weighted by Gasteiger charge is -2.17. The Morgan fingerprint density at radius 1 is 1.12 bits per heavy atom. The summed E-state index contributed by atoms with van der Waals surface area (Å²) in [5, 5.41) is 2.85. The highest BCUT2D eigenvalue weighted by atomic mass is 19.1. The molecular weight excluding hydrogens is 421 g/mol. The number of amides is 1. The number of nitrogens with one attached hydrogen (secondary N) is 1. The number of halogens is 1. The number of carbonyl (C=O) groups excluding carboxylic acids is 2. The molecule has 174 valence electrons. The summed E-state index contributed by atoms with van der Waals surface area (Å²) in [7, 11) is 0. The van der Waals surface area contributed by atoms with E-state index in [0.717, 1.165) is 18.4 Å². The van der Waals surface area contributed by atoms with Crippen LogP contribution in [0.1, 0.15) is 52.3 Å². The molecule has 0 aliphatic rings. The summed E-state index contributed by atoms with van der Waals surface area (Å²) in [6.45, 7) is 4.43. The van der Waals surface area contributed by atoms with Gasteiger partial charge in [0, 0.05) is 5.56 Å². The molecule has 8 heteroatoms. The van der Waals surface area contributed by atoms with Crippen LogP contribution in [-0.2, 0) is 11.3 Å². The van der Waals surface area contributed by atoms with Gasteiger partial charge in [-0.3, -0.25) is 14.2 Å². The van der Waals surface area contributed by atoms with E-state index in [9.17, 15) is 14.0 Å². The average molecular weight is 452 g/mol. The number of nitrogens with two attached hydrogens (primary N) is 2. The number of carbonyl (C=O) groups is 2. The number of benzene rings is 2. The zero-order valence-corrected chi connectivity index (χ0v) is 19.0. The summed E-state index contributed by atoms with van der Waals surface area (Å²) in [6.07, 6.45) is 3.81. The van der Waals surface area contributed by atoms with Crippen molar-refractivity contribution in [3.63, 3.8) is 0 Å². The van der Waals surface area contributed by atoms with E-state index in [2.05, 4.69) is 10.3 Å². The number of nitrogens with zero attached hydrogens (tertiary/aromatic N) is 2. The molecule has 1 atom stereocenters. The molecule has 0 aliphatic heterocycles. The van der Waals surface area contributed by atoms with Gasteiger partial charge in [-0.2, -0.15) is 0 Å². The topological polar surface area (TPSA) is 116 Å². The van der Waals surface area contributed by atoms with Crippen LogP contribution in [0.25, 0.3) is 5.69 Å². The molecule has 1 heterocycles. The Bertz CT molecular complexity index is 1140. The van der Waals surface area contributed by atoms with Gasteiger partial charge in [0.15, 0.2) is 5.78 Å². The molecule has 2 aromatic carbocycles. The molecular formula is C25H30FN5O2. The third-order valence-electron chi connectivity index (χ3n) is 5.52. The molecule has 0 spiro atoms. The average Bonchev–Trinajstić information content (AvgIpc) is 3.17. The van der Waals surface area contributed by atoms with Crippen molar-refractivity contribution in [3.8, 4) is 5.69 Å². The molecule has 0 fully saturated rings. The van der Waals surface area contributed by atoms with E-state index in [4.69, 9.17) is 11.5 Å². The van der Waals surface area contributed by atoms with Crippen molar-refractivity contribution in [2.24, 2.45) is 11.5 Å². The summed E-state index contributed by atoms with van der Waals surface area (Å²) in [4.78, 5) is 30.1. The van der Waals surface area contributed by atoms with Crippen molar-refractivity contribution in [2.45, 2.75) is 45.7 Å². The molecule has 0 aliphatic carbocycles. The summed E-state index contributed by atoms with van der Waals surface area (Å²) in [5.41, 5.74) is 13.9. The van der Waals surface area contributed by atoms with E-state index < -0.39 is 17.6 Å². The normalized spacial score (nSPS) is 11.9. The van der Waals surface area contributed by atoms with Crippen LogP contribution in [0.4, 0.5) is 4.39 Å². The Hall–Kier alpha value is -3.36. The van der Waals surface area contributed by atoms with Crippen molar-refractivity contribution in [1.82, 2.24) is 14.9 Å². The summed E-state index contributed by atoms with van der Waals surface area (Å²) in [6, 6.07) is 10.7. The van der Waals surface area contributed by atoms with Gasteiger partial charge in [-0.25, -0.2) is 9.37 Å². The maximum atomic E-state index is 14.3. The monoisotopic (exact) mass is 451 g/mol. The second-order valence-corrected chi connectivity index (χ2v) is 8.07. The number of imidazole rings is 1. The Morgan fingerprint density at radius 3 is 2.61 bits per heavy atom. The first-order chi connectivity index (χ1) is 15.8. The SMILES string of the molecule is Cc1ccc(-n2c(CNC(=O)[C@@H](N)CCCCN)cnc2C)c(C(=O)c2ccccc2F)c1. The highest BCUT2D eigenvalue weighted by Crippen LogP contribution is 2.24. The lowest BCUT2D eigenvalue weighted by Crippen LogP contribution is -2.40.